The summed E-state index contributed by atoms with van der Waals surface area (Å²) in [5, 5.41) is 4.66. The molecule has 5 heteroatoms. The highest BCUT2D eigenvalue weighted by Crippen LogP contribution is 2.31. The van der Waals surface area contributed by atoms with Gasteiger partial charge in [-0.1, -0.05) is 37.0 Å². The van der Waals surface area contributed by atoms with Crippen molar-refractivity contribution in [2.45, 2.75) is 39.2 Å². The Morgan fingerprint density at radius 1 is 1.33 bits per heavy atom. The number of halogens is 2. The fourth-order valence-electron chi connectivity index (χ4n) is 3.11. The van der Waals surface area contributed by atoms with Gasteiger partial charge in [-0.05, 0) is 44.0 Å². The average molecular weight is 326 g/mol. The van der Waals surface area contributed by atoms with E-state index in [9.17, 15) is 0 Å². The molecule has 1 saturated heterocycles. The zero-order valence-electron chi connectivity index (χ0n) is 12.5. The normalized spacial score (nSPS) is 19.6. The van der Waals surface area contributed by atoms with Crippen LogP contribution in [-0.4, -0.2) is 22.6 Å². The molecule has 0 amide bonds. The molecule has 1 unspecified atom stereocenters. The number of aromatic nitrogens is 2. The van der Waals surface area contributed by atoms with Crippen LogP contribution >= 0.6 is 23.2 Å². The van der Waals surface area contributed by atoms with Crippen molar-refractivity contribution >= 4 is 34.2 Å². The van der Waals surface area contributed by atoms with E-state index < -0.39 is 0 Å². The number of nitrogens with one attached hydrogen (secondary N) is 1. The summed E-state index contributed by atoms with van der Waals surface area (Å²) >= 11 is 12.3. The first-order chi connectivity index (χ1) is 10.1. The van der Waals surface area contributed by atoms with E-state index in [1.807, 2.05) is 12.1 Å². The summed E-state index contributed by atoms with van der Waals surface area (Å²) in [6.45, 7) is 7.58. The van der Waals surface area contributed by atoms with Crippen LogP contribution in [0.4, 0.5) is 0 Å². The smallest absolute Gasteiger partial charge is 0.112 e. The van der Waals surface area contributed by atoms with Gasteiger partial charge in [0.15, 0.2) is 0 Å². The molecule has 3 rings (SSSR count). The van der Waals surface area contributed by atoms with Crippen molar-refractivity contribution in [2.75, 3.05) is 13.1 Å². The topological polar surface area (TPSA) is 29.9 Å². The minimum atomic E-state index is 0.381. The Morgan fingerprint density at radius 2 is 2.10 bits per heavy atom. The van der Waals surface area contributed by atoms with Gasteiger partial charge in [0, 0.05) is 12.5 Å². The molecule has 0 bridgehead atoms. The Balaban J connectivity index is 2.04. The van der Waals surface area contributed by atoms with E-state index in [4.69, 9.17) is 28.2 Å². The lowest BCUT2D eigenvalue weighted by Crippen LogP contribution is -2.32. The highest BCUT2D eigenvalue weighted by Gasteiger charge is 2.20. The van der Waals surface area contributed by atoms with Crippen LogP contribution in [0.15, 0.2) is 12.1 Å². The number of hydrogen-bond acceptors (Lipinski definition) is 2. The third kappa shape index (κ3) is 3.05. The zero-order valence-corrected chi connectivity index (χ0v) is 14.0. The Hall–Kier alpha value is -0.770. The van der Waals surface area contributed by atoms with Gasteiger partial charge in [-0.25, -0.2) is 4.98 Å². The summed E-state index contributed by atoms with van der Waals surface area (Å²) in [6.07, 6.45) is 2.52. The number of piperidine rings is 1. The highest BCUT2D eigenvalue weighted by molar-refractivity contribution is 6.42. The fraction of sp³-hybridized carbons (Fsp3) is 0.562. The summed E-state index contributed by atoms with van der Waals surface area (Å²) in [7, 11) is 0. The fourth-order valence-corrected chi connectivity index (χ4v) is 3.43. The lowest BCUT2D eigenvalue weighted by molar-refractivity contribution is 0.335. The van der Waals surface area contributed by atoms with Gasteiger partial charge in [-0.2, -0.15) is 0 Å². The first kappa shape index (κ1) is 15.1. The monoisotopic (exact) mass is 325 g/mol. The molecule has 0 radical (unpaired) electrons. The minimum absolute atomic E-state index is 0.381. The second kappa shape index (κ2) is 6.15. The Morgan fingerprint density at radius 3 is 2.76 bits per heavy atom. The van der Waals surface area contributed by atoms with Crippen LogP contribution in [0.3, 0.4) is 0 Å². The largest absolute Gasteiger partial charge is 0.327 e. The van der Waals surface area contributed by atoms with Gasteiger partial charge in [-0.3, -0.25) is 0 Å². The van der Waals surface area contributed by atoms with E-state index in [2.05, 4.69) is 23.7 Å². The summed E-state index contributed by atoms with van der Waals surface area (Å²) in [5.74, 6) is 2.16. The van der Waals surface area contributed by atoms with Gasteiger partial charge in [0.1, 0.15) is 5.82 Å². The summed E-state index contributed by atoms with van der Waals surface area (Å²) in [4.78, 5) is 4.78. The van der Waals surface area contributed by atoms with E-state index in [0.29, 0.717) is 21.9 Å². The molecular formula is C16H21Cl2N3. The minimum Gasteiger partial charge on any atom is -0.327 e. The lowest BCUT2D eigenvalue weighted by Gasteiger charge is -2.24. The predicted molar refractivity (Wildman–Crippen MR) is 89.4 cm³/mol. The van der Waals surface area contributed by atoms with Gasteiger partial charge >= 0.3 is 0 Å². The molecular weight excluding hydrogens is 305 g/mol. The predicted octanol–water partition coefficient (Wildman–Crippen LogP) is 4.47. The lowest BCUT2D eigenvalue weighted by atomic mass is 9.99. The summed E-state index contributed by atoms with van der Waals surface area (Å²) < 4.78 is 2.33. The van der Waals surface area contributed by atoms with Crippen LogP contribution in [0.5, 0.6) is 0 Å². The molecule has 0 saturated carbocycles. The molecule has 3 nitrogen and oxygen atoms in total. The van der Waals surface area contributed by atoms with Crippen molar-refractivity contribution in [3.8, 4) is 0 Å². The van der Waals surface area contributed by atoms with Crippen LogP contribution < -0.4 is 5.32 Å². The second-order valence-corrected chi connectivity index (χ2v) is 7.02. The van der Waals surface area contributed by atoms with Gasteiger partial charge in [0.2, 0.25) is 0 Å². The van der Waals surface area contributed by atoms with Crippen molar-refractivity contribution in [2.24, 2.45) is 5.92 Å². The number of benzene rings is 1. The van der Waals surface area contributed by atoms with Crippen LogP contribution in [-0.2, 0) is 6.54 Å². The highest BCUT2D eigenvalue weighted by atomic mass is 35.5. The molecule has 1 aromatic carbocycles. The standard InChI is InChI=1S/C16H21Cl2N3/c1-10(2)16-20-14-6-12(17)13(18)7-15(14)21(16)9-11-4-3-5-19-8-11/h6-7,10-11,19H,3-5,8-9H2,1-2H3. The molecule has 0 spiro atoms. The van der Waals surface area contributed by atoms with Gasteiger partial charge in [-0.15, -0.1) is 0 Å². The number of hydrogen-bond donors (Lipinski definition) is 1. The van der Waals surface area contributed by atoms with Crippen LogP contribution in [0.2, 0.25) is 10.0 Å². The number of fused-ring (bicyclic) bond motifs is 1. The van der Waals surface area contributed by atoms with E-state index in [0.717, 1.165) is 36.5 Å². The molecule has 1 fully saturated rings. The van der Waals surface area contributed by atoms with Crippen molar-refractivity contribution in [3.05, 3.63) is 28.0 Å². The van der Waals surface area contributed by atoms with E-state index in [1.165, 1.54) is 12.8 Å². The van der Waals surface area contributed by atoms with Gasteiger partial charge in [0.05, 0.1) is 21.1 Å². The van der Waals surface area contributed by atoms with Gasteiger partial charge < -0.3 is 9.88 Å². The molecule has 1 atom stereocenters. The number of imidazole rings is 1. The van der Waals surface area contributed by atoms with Crippen molar-refractivity contribution in [1.29, 1.82) is 0 Å². The Bertz CT molecular complexity index is 642. The van der Waals surface area contributed by atoms with E-state index in [1.54, 1.807) is 0 Å². The van der Waals surface area contributed by atoms with Crippen LogP contribution in [0.25, 0.3) is 11.0 Å². The summed E-state index contributed by atoms with van der Waals surface area (Å²) in [5.41, 5.74) is 2.04. The molecule has 1 N–H and O–H groups in total. The second-order valence-electron chi connectivity index (χ2n) is 6.20. The molecule has 2 aromatic rings. The molecule has 1 aliphatic heterocycles. The third-order valence-electron chi connectivity index (χ3n) is 4.18. The Labute approximate surface area is 135 Å². The molecule has 21 heavy (non-hydrogen) atoms. The van der Waals surface area contributed by atoms with Crippen molar-refractivity contribution in [3.63, 3.8) is 0 Å². The first-order valence-electron chi connectivity index (χ1n) is 7.62. The van der Waals surface area contributed by atoms with Crippen molar-refractivity contribution < 1.29 is 0 Å². The molecule has 1 aliphatic rings. The molecule has 0 aliphatic carbocycles. The third-order valence-corrected chi connectivity index (χ3v) is 4.90. The SMILES string of the molecule is CC(C)c1nc2cc(Cl)c(Cl)cc2n1CC1CCCNC1. The maximum absolute atomic E-state index is 6.21. The first-order valence-corrected chi connectivity index (χ1v) is 8.37. The van der Waals surface area contributed by atoms with E-state index >= 15 is 0 Å². The number of nitrogens with zero attached hydrogens (tertiary/aromatic N) is 2. The van der Waals surface area contributed by atoms with Crippen LogP contribution in [0, 0.1) is 5.92 Å². The van der Waals surface area contributed by atoms with E-state index in [-0.39, 0.29) is 0 Å². The quantitative estimate of drug-likeness (QED) is 0.902. The van der Waals surface area contributed by atoms with Crippen molar-refractivity contribution in [1.82, 2.24) is 14.9 Å². The number of rotatable bonds is 3. The molecule has 114 valence electrons. The zero-order chi connectivity index (χ0) is 15.0. The Kier molecular flexibility index (Phi) is 4.43. The average Bonchev–Trinajstić information content (AvgIpc) is 2.79. The van der Waals surface area contributed by atoms with Gasteiger partial charge in [0.25, 0.3) is 0 Å². The maximum atomic E-state index is 6.21. The molecule has 2 heterocycles. The maximum Gasteiger partial charge on any atom is 0.112 e. The molecule has 1 aromatic heterocycles. The summed E-state index contributed by atoms with van der Waals surface area (Å²) in [6, 6.07) is 3.83. The van der Waals surface area contributed by atoms with Crippen LogP contribution in [0.1, 0.15) is 38.4 Å².